The van der Waals surface area contributed by atoms with Gasteiger partial charge in [-0.25, -0.2) is 4.39 Å². The fourth-order valence-corrected chi connectivity index (χ4v) is 3.79. The van der Waals surface area contributed by atoms with Gasteiger partial charge in [0.15, 0.2) is 0 Å². The highest BCUT2D eigenvalue weighted by Crippen LogP contribution is 2.24. The van der Waals surface area contributed by atoms with Crippen molar-refractivity contribution in [2.24, 2.45) is 0 Å². The van der Waals surface area contributed by atoms with Crippen molar-refractivity contribution in [3.63, 3.8) is 0 Å². The summed E-state index contributed by atoms with van der Waals surface area (Å²) in [7, 11) is 0. The van der Waals surface area contributed by atoms with Gasteiger partial charge in [-0.05, 0) is 42.8 Å². The normalized spacial score (nSPS) is 17.9. The van der Waals surface area contributed by atoms with E-state index in [1.54, 1.807) is 11.8 Å². The Hall–Kier alpha value is -3.34. The molecule has 0 saturated carbocycles. The van der Waals surface area contributed by atoms with E-state index < -0.39 is 18.1 Å². The molecule has 0 bridgehead atoms. The number of nitrogens with one attached hydrogen (secondary N) is 2. The lowest BCUT2D eigenvalue weighted by Gasteiger charge is -2.29. The van der Waals surface area contributed by atoms with Crippen LogP contribution in [0.5, 0.6) is 0 Å². The molecule has 196 valence electrons. The van der Waals surface area contributed by atoms with Crippen LogP contribution in [0.15, 0.2) is 60.0 Å². The number of rotatable bonds is 9. The van der Waals surface area contributed by atoms with E-state index >= 15 is 0 Å². The molecule has 11 heteroatoms. The molecule has 1 fully saturated rings. The zero-order valence-electron chi connectivity index (χ0n) is 19.8. The second-order valence-corrected chi connectivity index (χ2v) is 8.51. The number of hydrogen-bond acceptors (Lipinski definition) is 5. The first kappa shape index (κ1) is 27.3. The molecule has 1 heterocycles. The third kappa shape index (κ3) is 8.71. The second kappa shape index (κ2) is 12.6. The van der Waals surface area contributed by atoms with Crippen molar-refractivity contribution in [1.29, 1.82) is 0 Å². The van der Waals surface area contributed by atoms with E-state index in [-0.39, 0.29) is 30.0 Å². The molecule has 1 unspecified atom stereocenters. The SMILES string of the molecule is C[C@@H](CNC1=CC=C(OC(F)(F)F)C=CC1)NC(=O)C(CC(=O)N1CCOCC1)c1ccc(F)cc1. The Morgan fingerprint density at radius 1 is 1.14 bits per heavy atom. The predicted molar refractivity (Wildman–Crippen MR) is 124 cm³/mol. The summed E-state index contributed by atoms with van der Waals surface area (Å²) in [5, 5.41) is 5.98. The molecule has 1 aliphatic heterocycles. The van der Waals surface area contributed by atoms with Crippen LogP contribution >= 0.6 is 0 Å². The highest BCUT2D eigenvalue weighted by atomic mass is 19.4. The number of ether oxygens (including phenoxy) is 2. The molecule has 2 aliphatic rings. The van der Waals surface area contributed by atoms with E-state index in [4.69, 9.17) is 4.74 Å². The van der Waals surface area contributed by atoms with Crippen LogP contribution in [0.1, 0.15) is 31.2 Å². The molecule has 1 aliphatic carbocycles. The minimum absolute atomic E-state index is 0.0691. The predicted octanol–water partition coefficient (Wildman–Crippen LogP) is 3.52. The molecule has 1 aromatic rings. The van der Waals surface area contributed by atoms with Crippen LogP contribution in [0, 0.1) is 5.82 Å². The minimum atomic E-state index is -4.77. The van der Waals surface area contributed by atoms with Gasteiger partial charge in [0.1, 0.15) is 11.6 Å². The van der Waals surface area contributed by atoms with Gasteiger partial charge in [-0.2, -0.15) is 0 Å². The summed E-state index contributed by atoms with van der Waals surface area (Å²) in [4.78, 5) is 27.6. The summed E-state index contributed by atoms with van der Waals surface area (Å²) in [6.07, 6.45) is 0.985. The number of carbonyl (C=O) groups excluding carboxylic acids is 2. The maximum Gasteiger partial charge on any atom is 0.573 e. The quantitative estimate of drug-likeness (QED) is 0.496. The lowest BCUT2D eigenvalue weighted by Crippen LogP contribution is -2.45. The molecule has 2 amide bonds. The first-order valence-corrected chi connectivity index (χ1v) is 11.6. The van der Waals surface area contributed by atoms with Crippen LogP contribution in [0.25, 0.3) is 0 Å². The monoisotopic (exact) mass is 511 g/mol. The van der Waals surface area contributed by atoms with Crippen molar-refractivity contribution in [3.8, 4) is 0 Å². The highest BCUT2D eigenvalue weighted by molar-refractivity contribution is 5.90. The Kier molecular flexibility index (Phi) is 9.51. The summed E-state index contributed by atoms with van der Waals surface area (Å²) >= 11 is 0. The van der Waals surface area contributed by atoms with Gasteiger partial charge < -0.3 is 25.0 Å². The summed E-state index contributed by atoms with van der Waals surface area (Å²) < 4.78 is 59.9. The number of allylic oxidation sites excluding steroid dienone is 4. The molecule has 2 atom stereocenters. The molecule has 36 heavy (non-hydrogen) atoms. The molecule has 3 rings (SSSR count). The van der Waals surface area contributed by atoms with Gasteiger partial charge in [-0.3, -0.25) is 9.59 Å². The fraction of sp³-hybridized carbons (Fsp3) is 0.440. The molecule has 1 saturated heterocycles. The summed E-state index contributed by atoms with van der Waals surface area (Å²) in [6, 6.07) is 5.10. The maximum absolute atomic E-state index is 13.5. The van der Waals surface area contributed by atoms with Gasteiger partial charge in [-0.15, -0.1) is 13.2 Å². The zero-order chi connectivity index (χ0) is 26.1. The van der Waals surface area contributed by atoms with Gasteiger partial charge in [-0.1, -0.05) is 18.2 Å². The standard InChI is InChI=1S/C25H29F4N3O4/c1-17(16-30-20-3-2-4-21(10-9-20)36-25(27,28)29)31-24(34)22(18-5-7-19(26)8-6-18)15-23(33)32-11-13-35-14-12-32/h2,4-10,17,22,30H,3,11-16H2,1H3,(H,31,34)/t17-,22?/m0/s1. The van der Waals surface area contributed by atoms with Crippen LogP contribution in [0.3, 0.4) is 0 Å². The number of hydrogen-bond donors (Lipinski definition) is 2. The minimum Gasteiger partial charge on any atom is -0.406 e. The number of morpholine rings is 1. The average molecular weight is 512 g/mol. The molecule has 0 aromatic heterocycles. The van der Waals surface area contributed by atoms with E-state index in [1.165, 1.54) is 48.6 Å². The zero-order valence-corrected chi connectivity index (χ0v) is 19.8. The van der Waals surface area contributed by atoms with E-state index in [0.717, 1.165) is 0 Å². The molecule has 7 nitrogen and oxygen atoms in total. The molecule has 1 aromatic carbocycles. The van der Waals surface area contributed by atoms with E-state index in [2.05, 4.69) is 15.4 Å². The number of halogens is 4. The highest BCUT2D eigenvalue weighted by Gasteiger charge is 2.31. The molecular formula is C25H29F4N3O4. The number of benzene rings is 1. The largest absolute Gasteiger partial charge is 0.573 e. The van der Waals surface area contributed by atoms with Gasteiger partial charge in [0, 0.05) is 44.2 Å². The lowest BCUT2D eigenvalue weighted by molar-refractivity contribution is -0.303. The van der Waals surface area contributed by atoms with Crippen LogP contribution in [0.4, 0.5) is 17.6 Å². The number of nitrogens with zero attached hydrogens (tertiary/aromatic N) is 1. The maximum atomic E-state index is 13.5. The third-order valence-corrected chi connectivity index (χ3v) is 5.66. The summed E-state index contributed by atoms with van der Waals surface area (Å²) in [6.45, 7) is 3.83. The number of amides is 2. The summed E-state index contributed by atoms with van der Waals surface area (Å²) in [5.41, 5.74) is 1.17. The van der Waals surface area contributed by atoms with Crippen LogP contribution in [0.2, 0.25) is 0 Å². The van der Waals surface area contributed by atoms with Crippen molar-refractivity contribution in [2.45, 2.75) is 38.1 Å². The van der Waals surface area contributed by atoms with E-state index in [1.807, 2.05) is 0 Å². The molecule has 0 spiro atoms. The Balaban J connectivity index is 1.60. The molecular weight excluding hydrogens is 482 g/mol. The first-order valence-electron chi connectivity index (χ1n) is 11.6. The molecule has 2 N–H and O–H groups in total. The van der Waals surface area contributed by atoms with Gasteiger partial charge in [0.25, 0.3) is 0 Å². The smallest absolute Gasteiger partial charge is 0.406 e. The third-order valence-electron chi connectivity index (χ3n) is 5.66. The van der Waals surface area contributed by atoms with Crippen molar-refractivity contribution < 1.29 is 36.6 Å². The van der Waals surface area contributed by atoms with Gasteiger partial charge in [0.05, 0.1) is 19.1 Å². The van der Waals surface area contributed by atoms with Gasteiger partial charge in [0.2, 0.25) is 11.8 Å². The average Bonchev–Trinajstić information content (AvgIpc) is 3.06. The molecule has 0 radical (unpaired) electrons. The van der Waals surface area contributed by atoms with Crippen LogP contribution in [-0.2, 0) is 19.1 Å². The second-order valence-electron chi connectivity index (χ2n) is 8.51. The van der Waals surface area contributed by atoms with Crippen molar-refractivity contribution >= 4 is 11.8 Å². The van der Waals surface area contributed by atoms with Crippen LogP contribution < -0.4 is 10.6 Å². The Morgan fingerprint density at radius 3 is 2.50 bits per heavy atom. The fourth-order valence-electron chi connectivity index (χ4n) is 3.79. The Bertz CT molecular complexity index is 1000. The number of alkyl halides is 3. The van der Waals surface area contributed by atoms with Crippen molar-refractivity contribution in [2.75, 3.05) is 32.8 Å². The van der Waals surface area contributed by atoms with Crippen molar-refractivity contribution in [3.05, 3.63) is 71.4 Å². The van der Waals surface area contributed by atoms with E-state index in [9.17, 15) is 27.2 Å². The number of carbonyl (C=O) groups is 2. The first-order chi connectivity index (χ1) is 17.1. The van der Waals surface area contributed by atoms with Crippen LogP contribution in [-0.4, -0.2) is 62.0 Å². The Morgan fingerprint density at radius 2 is 1.83 bits per heavy atom. The Labute approximate surface area is 206 Å². The van der Waals surface area contributed by atoms with E-state index in [0.29, 0.717) is 50.5 Å². The van der Waals surface area contributed by atoms with Crippen molar-refractivity contribution in [1.82, 2.24) is 15.5 Å². The topological polar surface area (TPSA) is 79.9 Å². The van der Waals surface area contributed by atoms with Gasteiger partial charge >= 0.3 is 6.36 Å². The summed E-state index contributed by atoms with van der Waals surface area (Å²) in [5.74, 6) is -2.15. The lowest BCUT2D eigenvalue weighted by atomic mass is 9.93.